The maximum atomic E-state index is 5.64. The summed E-state index contributed by atoms with van der Waals surface area (Å²) in [6.07, 6.45) is 0. The Kier molecular flexibility index (Phi) is 3.99. The minimum atomic E-state index is 0.449. The number of thiophene rings is 1. The number of nitrogens with zero attached hydrogens (tertiary/aromatic N) is 1. The van der Waals surface area contributed by atoms with E-state index < -0.39 is 0 Å². The summed E-state index contributed by atoms with van der Waals surface area (Å²) in [5.74, 6) is 0. The number of nitrogens with two attached hydrogens (primary N) is 1. The smallest absolute Gasteiger partial charge is 0.103 e. The first-order valence-electron chi connectivity index (χ1n) is 5.70. The molecule has 0 radical (unpaired) electrons. The van der Waals surface area contributed by atoms with Crippen LogP contribution in [0.2, 0.25) is 0 Å². The number of benzene rings is 1. The Morgan fingerprint density at radius 1 is 1.39 bits per heavy atom. The summed E-state index contributed by atoms with van der Waals surface area (Å²) in [7, 11) is 2.10. The molecule has 1 heterocycles. The van der Waals surface area contributed by atoms with Crippen LogP contribution in [0.3, 0.4) is 0 Å². The van der Waals surface area contributed by atoms with Crippen molar-refractivity contribution < 1.29 is 0 Å². The Bertz CT molecular complexity index is 547. The maximum Gasteiger partial charge on any atom is 0.103 e. The zero-order valence-corrected chi connectivity index (χ0v) is 12.1. The number of thiocarbonyl (C=S) groups is 1. The van der Waals surface area contributed by atoms with Crippen LogP contribution in [0.4, 0.5) is 5.69 Å². The maximum absolute atomic E-state index is 5.64. The summed E-state index contributed by atoms with van der Waals surface area (Å²) in [5, 5.41) is 4.28. The fraction of sp³-hybridized carbons (Fsp3) is 0.214. The van der Waals surface area contributed by atoms with E-state index in [1.807, 2.05) is 12.1 Å². The zero-order valence-electron chi connectivity index (χ0n) is 10.5. The van der Waals surface area contributed by atoms with Crippen LogP contribution in [0.15, 0.2) is 35.0 Å². The van der Waals surface area contributed by atoms with Gasteiger partial charge in [-0.1, -0.05) is 12.2 Å². The van der Waals surface area contributed by atoms with E-state index in [9.17, 15) is 0 Å². The summed E-state index contributed by atoms with van der Waals surface area (Å²) in [6, 6.07) is 8.26. The minimum absolute atomic E-state index is 0.449. The molecule has 0 saturated carbocycles. The van der Waals surface area contributed by atoms with Gasteiger partial charge in [-0.15, -0.1) is 0 Å². The molecule has 94 valence electrons. The van der Waals surface area contributed by atoms with Crippen LogP contribution in [0.1, 0.15) is 16.7 Å². The number of hydrogen-bond donors (Lipinski definition) is 1. The molecule has 0 unspecified atom stereocenters. The molecule has 0 saturated heterocycles. The summed E-state index contributed by atoms with van der Waals surface area (Å²) in [5.41, 5.74) is 10.3. The summed E-state index contributed by atoms with van der Waals surface area (Å²) in [4.78, 5) is 2.69. The monoisotopic (exact) mass is 276 g/mol. The number of aryl methyl sites for hydroxylation is 1. The van der Waals surface area contributed by atoms with E-state index in [2.05, 4.69) is 41.8 Å². The largest absolute Gasteiger partial charge is 0.389 e. The van der Waals surface area contributed by atoms with Gasteiger partial charge in [-0.05, 0) is 53.1 Å². The molecule has 0 spiro atoms. The lowest BCUT2D eigenvalue weighted by Crippen LogP contribution is -2.18. The molecule has 2 N–H and O–H groups in total. The number of anilines is 1. The van der Waals surface area contributed by atoms with Crippen molar-refractivity contribution in [2.45, 2.75) is 13.5 Å². The molecule has 0 aliphatic carbocycles. The topological polar surface area (TPSA) is 29.3 Å². The Hall–Kier alpha value is -1.39. The summed E-state index contributed by atoms with van der Waals surface area (Å²) >= 11 is 6.72. The van der Waals surface area contributed by atoms with Crippen LogP contribution < -0.4 is 10.6 Å². The summed E-state index contributed by atoms with van der Waals surface area (Å²) in [6.45, 7) is 3.00. The highest BCUT2D eigenvalue weighted by atomic mass is 32.1. The predicted octanol–water partition coefficient (Wildman–Crippen LogP) is 3.33. The fourth-order valence-electron chi connectivity index (χ4n) is 1.98. The SMILES string of the molecule is Cc1cc(C(N)=S)ccc1N(C)Cc1ccsc1. The standard InChI is InChI=1S/C14H16N2S2/c1-10-7-12(14(15)17)3-4-13(10)16(2)8-11-5-6-18-9-11/h3-7,9H,8H2,1-2H3,(H2,15,17). The molecule has 2 nitrogen and oxygen atoms in total. The van der Waals surface area contributed by atoms with Gasteiger partial charge in [-0.2, -0.15) is 11.3 Å². The van der Waals surface area contributed by atoms with Crippen LogP contribution >= 0.6 is 23.6 Å². The van der Waals surface area contributed by atoms with Crippen molar-refractivity contribution in [2.75, 3.05) is 11.9 Å². The summed E-state index contributed by atoms with van der Waals surface area (Å²) < 4.78 is 0. The van der Waals surface area contributed by atoms with Gasteiger partial charge in [-0.3, -0.25) is 0 Å². The van der Waals surface area contributed by atoms with Gasteiger partial charge in [0.05, 0.1) is 0 Å². The van der Waals surface area contributed by atoms with E-state index in [0.29, 0.717) is 4.99 Å². The molecular formula is C14H16N2S2. The predicted molar refractivity (Wildman–Crippen MR) is 83.5 cm³/mol. The van der Waals surface area contributed by atoms with E-state index in [4.69, 9.17) is 18.0 Å². The molecule has 0 amide bonds. The lowest BCUT2D eigenvalue weighted by Gasteiger charge is -2.21. The Labute approximate surface area is 117 Å². The molecule has 0 aliphatic heterocycles. The second-order valence-electron chi connectivity index (χ2n) is 4.35. The van der Waals surface area contributed by atoms with Gasteiger partial charge in [0, 0.05) is 24.8 Å². The minimum Gasteiger partial charge on any atom is -0.389 e. The number of hydrogen-bond acceptors (Lipinski definition) is 3. The first kappa shape index (κ1) is 13.1. The molecule has 2 aromatic rings. The zero-order chi connectivity index (χ0) is 13.1. The number of rotatable bonds is 4. The fourth-order valence-corrected chi connectivity index (χ4v) is 2.77. The van der Waals surface area contributed by atoms with Gasteiger partial charge in [0.1, 0.15) is 4.99 Å². The average molecular weight is 276 g/mol. The molecule has 2 rings (SSSR count). The molecule has 0 bridgehead atoms. The lowest BCUT2D eigenvalue weighted by atomic mass is 10.1. The van der Waals surface area contributed by atoms with E-state index in [0.717, 1.165) is 12.1 Å². The van der Waals surface area contributed by atoms with Gasteiger partial charge in [-0.25, -0.2) is 0 Å². The second-order valence-corrected chi connectivity index (χ2v) is 5.57. The quantitative estimate of drug-likeness (QED) is 0.869. The van der Waals surface area contributed by atoms with Crippen molar-refractivity contribution >= 4 is 34.2 Å². The highest BCUT2D eigenvalue weighted by Crippen LogP contribution is 2.22. The highest BCUT2D eigenvalue weighted by molar-refractivity contribution is 7.80. The molecule has 0 aliphatic rings. The van der Waals surface area contributed by atoms with Gasteiger partial charge >= 0.3 is 0 Å². The van der Waals surface area contributed by atoms with E-state index >= 15 is 0 Å². The third-order valence-electron chi connectivity index (χ3n) is 2.89. The van der Waals surface area contributed by atoms with Gasteiger partial charge in [0.15, 0.2) is 0 Å². The van der Waals surface area contributed by atoms with Crippen LogP contribution in [0.25, 0.3) is 0 Å². The Morgan fingerprint density at radius 3 is 2.72 bits per heavy atom. The van der Waals surface area contributed by atoms with Crippen molar-refractivity contribution in [1.82, 2.24) is 0 Å². The molecule has 4 heteroatoms. The Balaban J connectivity index is 2.20. The highest BCUT2D eigenvalue weighted by Gasteiger charge is 2.07. The van der Waals surface area contributed by atoms with Crippen molar-refractivity contribution in [2.24, 2.45) is 5.73 Å². The van der Waals surface area contributed by atoms with Gasteiger partial charge in [0.25, 0.3) is 0 Å². The third kappa shape index (κ3) is 2.89. The van der Waals surface area contributed by atoms with E-state index in [1.54, 1.807) is 11.3 Å². The van der Waals surface area contributed by atoms with Crippen molar-refractivity contribution in [3.05, 3.63) is 51.7 Å². The second kappa shape index (κ2) is 5.50. The normalized spacial score (nSPS) is 10.3. The average Bonchev–Trinajstić information content (AvgIpc) is 2.81. The lowest BCUT2D eigenvalue weighted by molar-refractivity contribution is 0.921. The van der Waals surface area contributed by atoms with Crippen molar-refractivity contribution in [1.29, 1.82) is 0 Å². The Morgan fingerprint density at radius 2 is 2.17 bits per heavy atom. The third-order valence-corrected chi connectivity index (χ3v) is 3.86. The van der Waals surface area contributed by atoms with Crippen molar-refractivity contribution in [3.8, 4) is 0 Å². The van der Waals surface area contributed by atoms with E-state index in [-0.39, 0.29) is 0 Å². The molecule has 1 aromatic carbocycles. The van der Waals surface area contributed by atoms with Crippen LogP contribution in [-0.4, -0.2) is 12.0 Å². The van der Waals surface area contributed by atoms with Crippen molar-refractivity contribution in [3.63, 3.8) is 0 Å². The first-order chi connectivity index (χ1) is 8.58. The van der Waals surface area contributed by atoms with Crippen LogP contribution in [-0.2, 0) is 6.54 Å². The molecule has 18 heavy (non-hydrogen) atoms. The molecular weight excluding hydrogens is 260 g/mol. The first-order valence-corrected chi connectivity index (χ1v) is 7.05. The molecule has 1 aromatic heterocycles. The van der Waals surface area contributed by atoms with Crippen LogP contribution in [0, 0.1) is 6.92 Å². The van der Waals surface area contributed by atoms with E-state index in [1.165, 1.54) is 16.8 Å². The van der Waals surface area contributed by atoms with Gasteiger partial charge in [0.2, 0.25) is 0 Å². The molecule has 0 atom stereocenters. The van der Waals surface area contributed by atoms with Crippen LogP contribution in [0.5, 0.6) is 0 Å². The van der Waals surface area contributed by atoms with Gasteiger partial charge < -0.3 is 10.6 Å². The molecule has 0 fully saturated rings.